The lowest BCUT2D eigenvalue weighted by molar-refractivity contribution is 0.403. The first-order valence-electron chi connectivity index (χ1n) is 32.2. The van der Waals surface area contributed by atoms with Crippen molar-refractivity contribution in [3.05, 3.63) is 225 Å². The first-order chi connectivity index (χ1) is 40.9. The topological polar surface area (TPSA) is 22.9 Å². The van der Waals surface area contributed by atoms with E-state index in [0.29, 0.717) is 0 Å². The molecule has 0 fully saturated rings. The third kappa shape index (κ3) is 8.08. The fraction of sp³-hybridized carbons (Fsp3) is 0.341. The van der Waals surface area contributed by atoms with Gasteiger partial charge in [-0.15, -0.1) is 0 Å². The van der Waals surface area contributed by atoms with E-state index in [9.17, 15) is 0 Å². The molecule has 0 N–H and O–H groups in total. The molecule has 0 atom stereocenters. The lowest BCUT2D eigenvalue weighted by Crippen LogP contribution is -2.62. The Kier molecular flexibility index (Phi) is 11.5. The molecule has 3 heterocycles. The van der Waals surface area contributed by atoms with Crippen molar-refractivity contribution >= 4 is 96.2 Å². The molecule has 438 valence electrons. The summed E-state index contributed by atoms with van der Waals surface area (Å²) in [5, 5.41) is 2.23. The van der Waals surface area contributed by atoms with Gasteiger partial charge in [-0.3, -0.25) is 0 Å². The summed E-state index contributed by atoms with van der Waals surface area (Å²) in [6.07, 6.45) is 2.17. The number of hydrogen-bond donors (Lipinski definition) is 0. The number of hydrogen-bond acceptors (Lipinski definition) is 4. The summed E-state index contributed by atoms with van der Waals surface area (Å²) < 4.78 is 7.25. The van der Waals surface area contributed by atoms with Crippen molar-refractivity contribution < 1.29 is 4.42 Å². The second-order valence-electron chi connectivity index (χ2n) is 32.5. The van der Waals surface area contributed by atoms with Crippen LogP contribution in [0.1, 0.15) is 193 Å². The Morgan fingerprint density at radius 2 is 0.839 bits per heavy atom. The molecular formula is C82H86BN3O. The minimum absolute atomic E-state index is 0.0170. The third-order valence-electron chi connectivity index (χ3n) is 21.8. The Balaban J connectivity index is 1.12. The highest BCUT2D eigenvalue weighted by atomic mass is 16.3. The number of nitrogens with zero attached hydrogens (tertiary/aromatic N) is 3. The first kappa shape index (κ1) is 55.8. The van der Waals surface area contributed by atoms with E-state index in [1.807, 2.05) is 0 Å². The van der Waals surface area contributed by atoms with Gasteiger partial charge in [-0.05, 0) is 190 Å². The molecule has 0 amide bonds. The van der Waals surface area contributed by atoms with E-state index < -0.39 is 0 Å². The summed E-state index contributed by atoms with van der Waals surface area (Å²) in [5.74, 6) is 0. The van der Waals surface area contributed by atoms with Gasteiger partial charge in [0.1, 0.15) is 5.58 Å². The van der Waals surface area contributed by atoms with Gasteiger partial charge >= 0.3 is 0 Å². The van der Waals surface area contributed by atoms with Crippen LogP contribution in [-0.4, -0.2) is 6.71 Å². The van der Waals surface area contributed by atoms with Crippen LogP contribution >= 0.6 is 0 Å². The van der Waals surface area contributed by atoms with Crippen molar-refractivity contribution in [1.82, 2.24) is 0 Å². The number of para-hydroxylation sites is 2. The Hall–Kier alpha value is -7.76. The number of fused-ring (bicyclic) bond motifs is 11. The van der Waals surface area contributed by atoms with Gasteiger partial charge in [0.15, 0.2) is 5.58 Å². The summed E-state index contributed by atoms with van der Waals surface area (Å²) in [6, 6.07) is 66.8. The SMILES string of the molecule is CC(C)(C)c1ccc(N(c2ccc(C(C)(C)C)cc2)c2cc3c4c(c2)N(c2cccc5c2oc2ccccc25)c2cc5c(cc2B4c2cc4c(cc2N3c2ccc3c(c2)C(C)(C)CC3(C)C)C(C)(C)CC4(C)C)C(C)(C)c2ccccc2C5(C)C)cc1. The van der Waals surface area contributed by atoms with Crippen molar-refractivity contribution in [3.8, 4) is 0 Å². The molecule has 87 heavy (non-hydrogen) atoms. The zero-order valence-electron chi connectivity index (χ0n) is 54.9. The van der Waals surface area contributed by atoms with E-state index >= 15 is 0 Å². The molecule has 0 radical (unpaired) electrons. The average molecular weight is 1140 g/mol. The van der Waals surface area contributed by atoms with Gasteiger partial charge in [-0.2, -0.15) is 0 Å². The maximum Gasteiger partial charge on any atom is 0.252 e. The van der Waals surface area contributed by atoms with Gasteiger partial charge in [-0.25, -0.2) is 0 Å². The maximum absolute atomic E-state index is 7.25. The van der Waals surface area contributed by atoms with Gasteiger partial charge < -0.3 is 19.1 Å². The first-order valence-corrected chi connectivity index (χ1v) is 32.2. The molecular weight excluding hydrogens is 1050 g/mol. The molecule has 0 bridgehead atoms. The van der Waals surface area contributed by atoms with Crippen molar-refractivity contribution in [1.29, 1.82) is 0 Å². The fourth-order valence-corrected chi connectivity index (χ4v) is 17.7. The quantitative estimate of drug-likeness (QED) is 0.160. The zero-order chi connectivity index (χ0) is 61.2. The highest BCUT2D eigenvalue weighted by Gasteiger charge is 2.52. The van der Waals surface area contributed by atoms with E-state index in [0.717, 1.165) is 63.2 Å². The zero-order valence-corrected chi connectivity index (χ0v) is 54.9. The van der Waals surface area contributed by atoms with Crippen molar-refractivity contribution in [2.24, 2.45) is 0 Å². The van der Waals surface area contributed by atoms with Crippen LogP contribution in [-0.2, 0) is 43.3 Å². The molecule has 15 rings (SSSR count). The van der Waals surface area contributed by atoms with Gasteiger partial charge in [0, 0.05) is 61.4 Å². The fourth-order valence-electron chi connectivity index (χ4n) is 17.7. The smallest absolute Gasteiger partial charge is 0.252 e. The van der Waals surface area contributed by atoms with Crippen LogP contribution in [0, 0.1) is 0 Å². The molecule has 4 nitrogen and oxygen atoms in total. The van der Waals surface area contributed by atoms with E-state index in [2.05, 4.69) is 309 Å². The third-order valence-corrected chi connectivity index (χ3v) is 21.8. The van der Waals surface area contributed by atoms with Gasteiger partial charge in [0.2, 0.25) is 0 Å². The normalized spacial score (nSPS) is 18.4. The van der Waals surface area contributed by atoms with Crippen LogP contribution < -0.4 is 31.1 Å². The number of benzene rings is 9. The largest absolute Gasteiger partial charge is 0.454 e. The Morgan fingerprint density at radius 3 is 1.41 bits per heavy atom. The lowest BCUT2D eigenvalue weighted by Gasteiger charge is -2.48. The lowest BCUT2D eigenvalue weighted by atomic mass is 9.33. The molecule has 0 unspecified atom stereocenters. The molecule has 1 aromatic heterocycles. The highest BCUT2D eigenvalue weighted by Crippen LogP contribution is 2.58. The summed E-state index contributed by atoms with van der Waals surface area (Å²) in [4.78, 5) is 7.89. The number of furan rings is 1. The minimum atomic E-state index is -0.302. The second-order valence-corrected chi connectivity index (χ2v) is 32.5. The monoisotopic (exact) mass is 1140 g/mol. The van der Waals surface area contributed by atoms with Crippen molar-refractivity contribution in [2.45, 2.75) is 181 Å². The van der Waals surface area contributed by atoms with Gasteiger partial charge in [0.05, 0.1) is 11.4 Å². The molecule has 0 spiro atoms. The standard InChI is InChI=1S/C82H86BN3O/c1-75(2,3)49-30-34-51(35-31-49)84(52-36-32-50(33-37-52)76(4,5)6)54-41-70-73-71(42-54)86(67-28-23-25-56-55-24-19-22-29-72(55)87-74(56)67)69-46-64-63(81(15,16)58-26-20-21-27-59(58)82(64,17)18)44-66(69)83(73)65-43-61-62(80(13,14)48-79(61,11)12)45-68(65)85(70)53-38-39-57-60(40-53)78(9,10)47-77(57,7)8/h19-46H,47-48H2,1-18H3. The molecule has 3 aliphatic carbocycles. The molecule has 9 aromatic carbocycles. The molecule has 0 saturated carbocycles. The molecule has 0 saturated heterocycles. The predicted molar refractivity (Wildman–Crippen MR) is 372 cm³/mol. The van der Waals surface area contributed by atoms with Crippen LogP contribution in [0.4, 0.5) is 51.2 Å². The van der Waals surface area contributed by atoms with E-state index in [1.54, 1.807) is 0 Å². The van der Waals surface area contributed by atoms with Crippen LogP contribution in [0.3, 0.4) is 0 Å². The molecule has 10 aromatic rings. The summed E-state index contributed by atoms with van der Waals surface area (Å²) in [7, 11) is 0. The van der Waals surface area contributed by atoms with Crippen LogP contribution in [0.25, 0.3) is 21.9 Å². The van der Waals surface area contributed by atoms with Gasteiger partial charge in [-0.1, -0.05) is 222 Å². The average Bonchev–Trinajstić information content (AvgIpc) is 1.17. The van der Waals surface area contributed by atoms with E-state index in [-0.39, 0.29) is 50.0 Å². The predicted octanol–water partition coefficient (Wildman–Crippen LogP) is 20.6. The van der Waals surface area contributed by atoms with Crippen LogP contribution in [0.15, 0.2) is 174 Å². The minimum Gasteiger partial charge on any atom is -0.454 e. The number of anilines is 9. The highest BCUT2D eigenvalue weighted by molar-refractivity contribution is 7.00. The van der Waals surface area contributed by atoms with E-state index in [4.69, 9.17) is 4.42 Å². The van der Waals surface area contributed by atoms with Gasteiger partial charge in [0.25, 0.3) is 6.71 Å². The molecule has 5 aliphatic rings. The van der Waals surface area contributed by atoms with Crippen molar-refractivity contribution in [3.63, 3.8) is 0 Å². The Morgan fingerprint density at radius 1 is 0.379 bits per heavy atom. The van der Waals surface area contributed by atoms with E-state index in [1.165, 1.54) is 94.8 Å². The maximum atomic E-state index is 7.25. The summed E-state index contributed by atoms with van der Waals surface area (Å²) in [6.45, 7) is 43.4. The number of rotatable bonds is 5. The molecule has 5 heteroatoms. The van der Waals surface area contributed by atoms with Crippen LogP contribution in [0.5, 0.6) is 0 Å². The molecule has 2 aliphatic heterocycles. The Bertz CT molecular complexity index is 4490. The summed E-state index contributed by atoms with van der Waals surface area (Å²) in [5.41, 5.74) is 29.5. The van der Waals surface area contributed by atoms with Crippen LogP contribution in [0.2, 0.25) is 0 Å². The van der Waals surface area contributed by atoms with Crippen molar-refractivity contribution in [2.75, 3.05) is 14.7 Å². The Labute approximate surface area is 518 Å². The summed E-state index contributed by atoms with van der Waals surface area (Å²) >= 11 is 0. The second kappa shape index (κ2) is 18.0.